The molecule has 0 N–H and O–H groups in total. The molecule has 1 heterocycles. The maximum atomic E-state index is 13.6. The number of benzene rings is 2. The first-order valence-corrected chi connectivity index (χ1v) is 13.4. The second-order valence-corrected chi connectivity index (χ2v) is 10.4. The molecule has 0 amide bonds. The lowest BCUT2D eigenvalue weighted by Gasteiger charge is -2.22. The van der Waals surface area contributed by atoms with Gasteiger partial charge in [0.15, 0.2) is 6.61 Å². The first kappa shape index (κ1) is 26.9. The van der Waals surface area contributed by atoms with E-state index in [4.69, 9.17) is 14.5 Å². The van der Waals surface area contributed by atoms with Gasteiger partial charge in [0.05, 0.1) is 28.6 Å². The summed E-state index contributed by atoms with van der Waals surface area (Å²) in [7, 11) is 0. The van der Waals surface area contributed by atoms with Crippen LogP contribution in [0.4, 0.5) is 5.69 Å². The van der Waals surface area contributed by atoms with Crippen LogP contribution in [0.25, 0.3) is 10.9 Å². The van der Waals surface area contributed by atoms with Crippen molar-refractivity contribution in [2.75, 3.05) is 13.2 Å². The molecule has 10 nitrogen and oxygen atoms in total. The summed E-state index contributed by atoms with van der Waals surface area (Å²) < 4.78 is 12.8. The molecule has 0 bridgehead atoms. The maximum absolute atomic E-state index is 13.6. The molecule has 1 saturated carbocycles. The van der Waals surface area contributed by atoms with Gasteiger partial charge in [-0.2, -0.15) is 9.78 Å². The molecule has 12 heteroatoms. The molecule has 4 rings (SSSR count). The second kappa shape index (κ2) is 12.0. The number of halogens is 2. The number of aromatic nitrogens is 2. The zero-order chi connectivity index (χ0) is 26.5. The minimum atomic E-state index is -0.664. The molecule has 1 aliphatic carbocycles. The van der Waals surface area contributed by atoms with E-state index in [1.165, 1.54) is 17.0 Å². The fourth-order valence-electron chi connectivity index (χ4n) is 4.34. The average Bonchev–Trinajstić information content (AvgIpc) is 2.88. The highest BCUT2D eigenvalue weighted by Crippen LogP contribution is 2.35. The van der Waals surface area contributed by atoms with Crippen molar-refractivity contribution in [2.24, 2.45) is 5.10 Å². The van der Waals surface area contributed by atoms with E-state index < -0.39 is 17.5 Å². The maximum Gasteiger partial charge on any atom is 0.344 e. The molecule has 1 fully saturated rings. The molecule has 1 aliphatic rings. The van der Waals surface area contributed by atoms with E-state index in [1.54, 1.807) is 25.1 Å². The van der Waals surface area contributed by atoms with Crippen molar-refractivity contribution in [1.29, 1.82) is 0 Å². The van der Waals surface area contributed by atoms with Gasteiger partial charge >= 0.3 is 11.7 Å². The Hall–Kier alpha value is -3.12. The van der Waals surface area contributed by atoms with E-state index in [9.17, 15) is 19.7 Å². The summed E-state index contributed by atoms with van der Waals surface area (Å²) in [6.07, 6.45) is 6.30. The summed E-state index contributed by atoms with van der Waals surface area (Å²) in [5.74, 6) is -0.214. The minimum Gasteiger partial charge on any atom is -0.474 e. The number of nitrogens with zero attached hydrogens (tertiary/aromatic N) is 4. The Morgan fingerprint density at radius 2 is 1.97 bits per heavy atom. The van der Waals surface area contributed by atoms with Gasteiger partial charge in [-0.3, -0.25) is 14.9 Å². The van der Waals surface area contributed by atoms with Gasteiger partial charge in [0.1, 0.15) is 5.82 Å². The Bertz CT molecular complexity index is 1430. The highest BCUT2D eigenvalue weighted by Gasteiger charge is 2.24. The number of ether oxygens (including phenoxy) is 2. The molecular weight excluding hydrogens is 612 g/mol. The molecule has 1 aromatic heterocycles. The van der Waals surface area contributed by atoms with E-state index >= 15 is 0 Å². The zero-order valence-corrected chi connectivity index (χ0v) is 23.2. The van der Waals surface area contributed by atoms with Gasteiger partial charge in [0.2, 0.25) is 5.75 Å². The van der Waals surface area contributed by atoms with Gasteiger partial charge in [0.25, 0.3) is 5.56 Å². The molecule has 2 aromatic carbocycles. The van der Waals surface area contributed by atoms with E-state index in [0.717, 1.165) is 36.6 Å². The highest BCUT2D eigenvalue weighted by atomic mass is 79.9. The summed E-state index contributed by atoms with van der Waals surface area (Å²) in [6, 6.07) is 8.15. The Morgan fingerprint density at radius 1 is 1.22 bits per heavy atom. The van der Waals surface area contributed by atoms with E-state index in [-0.39, 0.29) is 35.1 Å². The molecule has 0 aliphatic heterocycles. The lowest BCUT2D eigenvalue weighted by Crippen LogP contribution is -2.25. The van der Waals surface area contributed by atoms with Gasteiger partial charge in [-0.15, -0.1) is 0 Å². The van der Waals surface area contributed by atoms with Crippen molar-refractivity contribution in [3.05, 3.63) is 71.1 Å². The van der Waals surface area contributed by atoms with Gasteiger partial charge < -0.3 is 9.47 Å². The Kier molecular flexibility index (Phi) is 8.70. The second-order valence-electron chi connectivity index (χ2n) is 8.52. The number of hydrogen-bond acceptors (Lipinski definition) is 8. The molecule has 194 valence electrons. The fourth-order valence-corrected chi connectivity index (χ4v) is 5.17. The van der Waals surface area contributed by atoms with Crippen molar-refractivity contribution in [2.45, 2.75) is 44.9 Å². The van der Waals surface area contributed by atoms with Crippen LogP contribution in [0, 0.1) is 10.1 Å². The van der Waals surface area contributed by atoms with E-state index in [1.807, 2.05) is 6.07 Å². The Morgan fingerprint density at radius 3 is 2.68 bits per heavy atom. The Balaban J connectivity index is 1.84. The normalized spacial score (nSPS) is 14.2. The van der Waals surface area contributed by atoms with Crippen LogP contribution in [0.3, 0.4) is 0 Å². The van der Waals surface area contributed by atoms with Crippen molar-refractivity contribution in [1.82, 2.24) is 9.66 Å². The summed E-state index contributed by atoms with van der Waals surface area (Å²) in [5, 5.41) is 16.6. The SMILES string of the molecule is CCOC(=O)COc1c(C=Nn2c(C3CCCCC3)nc3ccc(Br)cc3c2=O)cc(Br)cc1[N+](=O)[O-]. The number of nitro benzene ring substituents is 1. The van der Waals surface area contributed by atoms with Crippen molar-refractivity contribution in [3.8, 4) is 5.75 Å². The average molecular weight is 636 g/mol. The van der Waals surface area contributed by atoms with E-state index in [2.05, 4.69) is 37.0 Å². The largest absolute Gasteiger partial charge is 0.474 e. The number of fused-ring (bicyclic) bond motifs is 1. The van der Waals surface area contributed by atoms with Crippen molar-refractivity contribution in [3.63, 3.8) is 0 Å². The smallest absolute Gasteiger partial charge is 0.344 e. The first-order valence-electron chi connectivity index (χ1n) is 11.8. The Labute approximate surface area is 229 Å². The van der Waals surface area contributed by atoms with Crippen LogP contribution in [0.1, 0.15) is 56.3 Å². The third kappa shape index (κ3) is 6.24. The number of carbonyl (C=O) groups excluding carboxylic acids is 1. The number of esters is 1. The summed E-state index contributed by atoms with van der Waals surface area (Å²) >= 11 is 6.68. The van der Waals surface area contributed by atoms with Gasteiger partial charge in [-0.05, 0) is 44.0 Å². The molecule has 0 atom stereocenters. The summed E-state index contributed by atoms with van der Waals surface area (Å²) in [5.41, 5.74) is 0.0835. The molecule has 37 heavy (non-hydrogen) atoms. The molecule has 0 saturated heterocycles. The number of nitro groups is 1. The quantitative estimate of drug-likeness (QED) is 0.134. The molecule has 0 unspecified atom stereocenters. The minimum absolute atomic E-state index is 0.0584. The van der Waals surface area contributed by atoms with Crippen molar-refractivity contribution >= 4 is 60.6 Å². The topological polar surface area (TPSA) is 126 Å². The van der Waals surface area contributed by atoms with Crippen LogP contribution in [0.15, 0.2) is 49.2 Å². The molecule has 0 spiro atoms. The lowest BCUT2D eigenvalue weighted by molar-refractivity contribution is -0.385. The standard InChI is InChI=1S/C25H24Br2N4O6/c1-2-36-22(32)14-37-23-16(10-18(27)12-21(23)31(34)35)13-28-30-24(15-6-4-3-5-7-15)29-20-9-8-17(26)11-19(20)25(30)33/h8-13,15H,2-7,14H2,1H3. The predicted molar refractivity (Wildman–Crippen MR) is 145 cm³/mol. The van der Waals surface area contributed by atoms with Crippen LogP contribution in [0.5, 0.6) is 5.75 Å². The third-order valence-electron chi connectivity index (χ3n) is 6.02. The van der Waals surface area contributed by atoms with Crippen LogP contribution in [-0.2, 0) is 9.53 Å². The zero-order valence-electron chi connectivity index (χ0n) is 20.0. The fraction of sp³-hybridized carbons (Fsp3) is 0.360. The monoisotopic (exact) mass is 634 g/mol. The van der Waals surface area contributed by atoms with Crippen LogP contribution >= 0.6 is 31.9 Å². The van der Waals surface area contributed by atoms with Gasteiger partial charge in [-0.1, -0.05) is 51.1 Å². The number of hydrogen-bond donors (Lipinski definition) is 0. The van der Waals surface area contributed by atoms with Gasteiger partial charge in [-0.25, -0.2) is 9.78 Å². The predicted octanol–water partition coefficient (Wildman–Crippen LogP) is 5.70. The highest BCUT2D eigenvalue weighted by molar-refractivity contribution is 9.10. The molecule has 0 radical (unpaired) electrons. The molecular formula is C25H24Br2N4O6. The lowest BCUT2D eigenvalue weighted by atomic mass is 9.88. The first-order chi connectivity index (χ1) is 17.8. The number of rotatable bonds is 8. The molecule has 3 aromatic rings. The van der Waals surface area contributed by atoms with E-state index in [0.29, 0.717) is 21.2 Å². The van der Waals surface area contributed by atoms with Gasteiger partial charge in [0, 0.05) is 26.5 Å². The number of carbonyl (C=O) groups is 1. The summed E-state index contributed by atoms with van der Waals surface area (Å²) in [4.78, 5) is 41.3. The van der Waals surface area contributed by atoms with Crippen LogP contribution < -0.4 is 10.3 Å². The van der Waals surface area contributed by atoms with Crippen LogP contribution in [-0.4, -0.2) is 40.0 Å². The van der Waals surface area contributed by atoms with Crippen LogP contribution in [0.2, 0.25) is 0 Å². The third-order valence-corrected chi connectivity index (χ3v) is 6.97. The van der Waals surface area contributed by atoms with Crippen molar-refractivity contribution < 1.29 is 19.2 Å². The summed E-state index contributed by atoms with van der Waals surface area (Å²) in [6.45, 7) is 1.28.